The molecule has 0 heterocycles. The summed E-state index contributed by atoms with van der Waals surface area (Å²) in [7, 11) is 0. The van der Waals surface area contributed by atoms with Crippen LogP contribution in [0.1, 0.15) is 57.8 Å². The number of benzene rings is 2. The highest BCUT2D eigenvalue weighted by Crippen LogP contribution is 2.23. The Hall–Kier alpha value is -0.550. The fourth-order valence-electron chi connectivity index (χ4n) is 2.36. The Bertz CT molecular complexity index is 519. The first-order valence-corrected chi connectivity index (χ1v) is 8.85. The van der Waals surface area contributed by atoms with Gasteiger partial charge >= 0.3 is 0 Å². The van der Waals surface area contributed by atoms with E-state index in [1.165, 1.54) is 18.4 Å². The first-order chi connectivity index (χ1) is 11.1. The summed E-state index contributed by atoms with van der Waals surface area (Å²) in [6.07, 6.45) is 3.19. The highest BCUT2D eigenvalue weighted by Gasteiger charge is 2.13. The third-order valence-corrected chi connectivity index (χ3v) is 4.45. The van der Waals surface area contributed by atoms with Crippen molar-refractivity contribution in [3.8, 4) is 0 Å². The lowest BCUT2D eigenvalue weighted by Crippen LogP contribution is -2.07. The van der Waals surface area contributed by atoms with Crippen molar-refractivity contribution in [2.24, 2.45) is 11.8 Å². The standard InChI is InChI=1S/C11H16O.C11H16.3H2S/c1-3-9(2)11(12)10-7-5-4-6-8-10;1-3-10(2)9-11-7-5-4-6-8-11;;;/h4-9,11-12H,3H2,1-2H3;4-8,10H,3,9H2,1-2H3;3*1H2/t9-,11+;10-;;;/m11.../s1. The monoisotopic (exact) mass is 414 g/mol. The molecule has 2 aromatic carbocycles. The molecule has 0 saturated carbocycles. The molecular formula is C22H38OS3. The van der Waals surface area contributed by atoms with Gasteiger partial charge in [0.15, 0.2) is 0 Å². The number of rotatable bonds is 6. The number of aliphatic hydroxyl groups excluding tert-OH is 1. The van der Waals surface area contributed by atoms with Gasteiger partial charge in [-0.05, 0) is 29.4 Å². The predicted molar refractivity (Wildman–Crippen MR) is 132 cm³/mol. The quantitative estimate of drug-likeness (QED) is 0.581. The van der Waals surface area contributed by atoms with E-state index in [2.05, 4.69) is 58.0 Å². The molecule has 0 aliphatic rings. The molecule has 0 bridgehead atoms. The fraction of sp³-hybridized carbons (Fsp3) is 0.455. The maximum Gasteiger partial charge on any atom is 0.0815 e. The molecule has 150 valence electrons. The van der Waals surface area contributed by atoms with Gasteiger partial charge in [0.25, 0.3) is 0 Å². The Morgan fingerprint density at radius 3 is 1.62 bits per heavy atom. The maximum absolute atomic E-state index is 9.79. The third kappa shape index (κ3) is 11.9. The van der Waals surface area contributed by atoms with Gasteiger partial charge in [0.2, 0.25) is 0 Å². The number of hydrogen-bond donors (Lipinski definition) is 1. The molecule has 0 unspecified atom stereocenters. The summed E-state index contributed by atoms with van der Waals surface area (Å²) in [4.78, 5) is 0. The van der Waals surface area contributed by atoms with Crippen molar-refractivity contribution in [1.29, 1.82) is 0 Å². The van der Waals surface area contributed by atoms with Gasteiger partial charge in [0.05, 0.1) is 6.10 Å². The second-order valence-corrected chi connectivity index (χ2v) is 6.44. The van der Waals surface area contributed by atoms with Crippen LogP contribution in [-0.2, 0) is 6.42 Å². The summed E-state index contributed by atoms with van der Waals surface area (Å²) in [5.74, 6) is 1.16. The molecule has 0 aliphatic carbocycles. The van der Waals surface area contributed by atoms with Gasteiger partial charge in [-0.1, -0.05) is 101 Å². The van der Waals surface area contributed by atoms with Gasteiger partial charge in [-0.3, -0.25) is 0 Å². The molecule has 0 amide bonds. The van der Waals surface area contributed by atoms with Crippen molar-refractivity contribution < 1.29 is 5.11 Å². The molecule has 0 aliphatic heterocycles. The zero-order valence-electron chi connectivity index (χ0n) is 16.6. The van der Waals surface area contributed by atoms with Crippen LogP contribution in [0.15, 0.2) is 60.7 Å². The molecule has 26 heavy (non-hydrogen) atoms. The Kier molecular flexibility index (Phi) is 20.7. The normalized spacial score (nSPS) is 12.7. The molecule has 2 rings (SSSR count). The van der Waals surface area contributed by atoms with Gasteiger partial charge in [0.1, 0.15) is 0 Å². The number of hydrogen-bond acceptors (Lipinski definition) is 1. The van der Waals surface area contributed by atoms with Crippen LogP contribution in [0.25, 0.3) is 0 Å². The van der Waals surface area contributed by atoms with Crippen LogP contribution in [0.3, 0.4) is 0 Å². The Morgan fingerprint density at radius 2 is 1.19 bits per heavy atom. The van der Waals surface area contributed by atoms with Gasteiger partial charge in [-0.25, -0.2) is 0 Å². The average Bonchev–Trinajstić information content (AvgIpc) is 2.62. The van der Waals surface area contributed by atoms with Gasteiger partial charge in [0, 0.05) is 0 Å². The zero-order chi connectivity index (χ0) is 17.1. The van der Waals surface area contributed by atoms with E-state index in [1.807, 2.05) is 30.3 Å². The maximum atomic E-state index is 9.79. The number of aliphatic hydroxyl groups is 1. The van der Waals surface area contributed by atoms with Crippen molar-refractivity contribution in [3.05, 3.63) is 71.8 Å². The predicted octanol–water partition coefficient (Wildman–Crippen LogP) is 6.38. The van der Waals surface area contributed by atoms with E-state index < -0.39 is 0 Å². The van der Waals surface area contributed by atoms with Crippen LogP contribution < -0.4 is 0 Å². The Labute approximate surface area is 182 Å². The Balaban J connectivity index is -0.000000366. The molecule has 1 nitrogen and oxygen atoms in total. The SMILES string of the molecule is CC[C@@H](C)Cc1ccccc1.CC[C@@H](C)[C@H](O)c1ccccc1.S.S.S. The van der Waals surface area contributed by atoms with Crippen LogP contribution in [0.5, 0.6) is 0 Å². The molecule has 0 fully saturated rings. The molecule has 0 aromatic heterocycles. The molecule has 3 atom stereocenters. The summed E-state index contributed by atoms with van der Waals surface area (Å²) < 4.78 is 0. The van der Waals surface area contributed by atoms with E-state index in [-0.39, 0.29) is 46.6 Å². The Morgan fingerprint density at radius 1 is 0.731 bits per heavy atom. The second-order valence-electron chi connectivity index (χ2n) is 6.44. The molecule has 4 heteroatoms. The van der Waals surface area contributed by atoms with Crippen LogP contribution in [-0.4, -0.2) is 5.11 Å². The van der Waals surface area contributed by atoms with E-state index in [0.29, 0.717) is 5.92 Å². The first kappa shape index (κ1) is 30.2. The van der Waals surface area contributed by atoms with Gasteiger partial charge in [-0.15, -0.1) is 0 Å². The van der Waals surface area contributed by atoms with E-state index in [0.717, 1.165) is 17.9 Å². The van der Waals surface area contributed by atoms with Crippen molar-refractivity contribution in [3.63, 3.8) is 0 Å². The smallest absolute Gasteiger partial charge is 0.0815 e. The summed E-state index contributed by atoms with van der Waals surface area (Å²) >= 11 is 0. The van der Waals surface area contributed by atoms with Crippen molar-refractivity contribution >= 4 is 40.5 Å². The fourth-order valence-corrected chi connectivity index (χ4v) is 2.36. The van der Waals surface area contributed by atoms with Crippen LogP contribution >= 0.6 is 40.5 Å². The third-order valence-electron chi connectivity index (χ3n) is 4.45. The summed E-state index contributed by atoms with van der Waals surface area (Å²) in [6.45, 7) is 8.70. The zero-order valence-corrected chi connectivity index (χ0v) is 19.6. The highest BCUT2D eigenvalue weighted by molar-refractivity contribution is 7.59. The van der Waals surface area contributed by atoms with Crippen LogP contribution in [0.4, 0.5) is 0 Å². The van der Waals surface area contributed by atoms with Gasteiger partial charge in [-0.2, -0.15) is 40.5 Å². The van der Waals surface area contributed by atoms with Crippen molar-refractivity contribution in [2.75, 3.05) is 0 Å². The summed E-state index contributed by atoms with van der Waals surface area (Å²) in [5, 5.41) is 9.79. The lowest BCUT2D eigenvalue weighted by molar-refractivity contribution is 0.115. The average molecular weight is 415 g/mol. The lowest BCUT2D eigenvalue weighted by atomic mass is 9.95. The van der Waals surface area contributed by atoms with Crippen LogP contribution in [0, 0.1) is 11.8 Å². The summed E-state index contributed by atoms with van der Waals surface area (Å²) in [5.41, 5.74) is 2.48. The topological polar surface area (TPSA) is 20.2 Å². The van der Waals surface area contributed by atoms with Crippen LogP contribution in [0.2, 0.25) is 0 Å². The van der Waals surface area contributed by atoms with Crippen molar-refractivity contribution in [2.45, 2.75) is 53.1 Å². The second kappa shape index (κ2) is 17.8. The minimum atomic E-state index is -0.309. The minimum Gasteiger partial charge on any atom is -0.388 e. The van der Waals surface area contributed by atoms with E-state index in [1.54, 1.807) is 0 Å². The highest BCUT2D eigenvalue weighted by atomic mass is 32.1. The summed E-state index contributed by atoms with van der Waals surface area (Å²) in [6, 6.07) is 20.5. The molecule has 0 saturated heterocycles. The lowest BCUT2D eigenvalue weighted by Gasteiger charge is -2.16. The minimum absolute atomic E-state index is 0. The largest absolute Gasteiger partial charge is 0.388 e. The molecule has 0 radical (unpaired) electrons. The van der Waals surface area contributed by atoms with Crippen molar-refractivity contribution in [1.82, 2.24) is 0 Å². The van der Waals surface area contributed by atoms with E-state index in [9.17, 15) is 5.11 Å². The van der Waals surface area contributed by atoms with E-state index in [4.69, 9.17) is 0 Å². The van der Waals surface area contributed by atoms with Gasteiger partial charge < -0.3 is 5.11 Å². The van der Waals surface area contributed by atoms with E-state index >= 15 is 0 Å². The molecule has 2 aromatic rings. The first-order valence-electron chi connectivity index (χ1n) is 8.85. The molecular weight excluding hydrogens is 376 g/mol. The molecule has 0 spiro atoms. The molecule has 1 N–H and O–H groups in total.